The van der Waals surface area contributed by atoms with Crippen LogP contribution in [0.15, 0.2) is 78.0 Å². The Morgan fingerprint density at radius 1 is 1.07 bits per heavy atom. The van der Waals surface area contributed by atoms with E-state index in [1.165, 1.54) is 46.4 Å². The van der Waals surface area contributed by atoms with Crippen LogP contribution >= 0.6 is 11.8 Å². The Bertz CT molecular complexity index is 1600. The second-order valence-corrected chi connectivity index (χ2v) is 11.4. The summed E-state index contributed by atoms with van der Waals surface area (Å²) in [5, 5.41) is 8.10. The summed E-state index contributed by atoms with van der Waals surface area (Å²) in [6, 6.07) is 19.4. The monoisotopic (exact) mass is 622 g/mol. The zero-order chi connectivity index (χ0) is 31.1. The number of anilines is 1. The maximum absolute atomic E-state index is 12.6. The van der Waals surface area contributed by atoms with Crippen molar-refractivity contribution in [2.45, 2.75) is 45.9 Å². The topological polar surface area (TPSA) is 84.6 Å². The molecule has 0 spiro atoms. The summed E-state index contributed by atoms with van der Waals surface area (Å²) in [5.74, 6) is 1.08. The van der Waals surface area contributed by atoms with Crippen LogP contribution in [-0.2, 0) is 12.8 Å². The van der Waals surface area contributed by atoms with E-state index in [2.05, 4.69) is 62.1 Å². The summed E-state index contributed by atoms with van der Waals surface area (Å²) in [7, 11) is 0. The minimum Gasteiger partial charge on any atom is -0.406 e. The molecule has 0 bridgehead atoms. The van der Waals surface area contributed by atoms with Crippen LogP contribution < -0.4 is 15.0 Å². The average Bonchev–Trinajstić information content (AvgIpc) is 3.67. The number of carbonyl (C=O) groups is 1. The maximum Gasteiger partial charge on any atom is 0.573 e. The number of thioether (sulfide) groups is 1. The minimum absolute atomic E-state index is 0.302. The molecule has 2 amide bonds. The Kier molecular flexibility index (Phi) is 9.89. The number of urea groups is 1. The van der Waals surface area contributed by atoms with Gasteiger partial charge in [-0.3, -0.25) is 0 Å². The van der Waals surface area contributed by atoms with Crippen LogP contribution in [0.1, 0.15) is 36.5 Å². The molecule has 0 saturated carbocycles. The second kappa shape index (κ2) is 14.0. The van der Waals surface area contributed by atoms with Crippen LogP contribution in [0.25, 0.3) is 17.1 Å². The Hall–Kier alpha value is -4.32. The molecule has 8 nitrogen and oxygen atoms in total. The molecule has 1 aromatic heterocycles. The van der Waals surface area contributed by atoms with Gasteiger partial charge in [0.15, 0.2) is 11.0 Å². The summed E-state index contributed by atoms with van der Waals surface area (Å²) in [4.78, 5) is 23.5. The summed E-state index contributed by atoms with van der Waals surface area (Å²) < 4.78 is 42.6. The molecule has 5 rings (SSSR count). The number of halogens is 3. The normalized spacial score (nSPS) is 14.3. The van der Waals surface area contributed by atoms with Gasteiger partial charge in [-0.1, -0.05) is 61.5 Å². The number of aryl methyl sites for hydroxylation is 3. The molecule has 1 saturated heterocycles. The van der Waals surface area contributed by atoms with E-state index in [-0.39, 0.29) is 11.8 Å². The van der Waals surface area contributed by atoms with Gasteiger partial charge in [0.1, 0.15) is 12.1 Å². The van der Waals surface area contributed by atoms with Gasteiger partial charge in [-0.05, 0) is 73.2 Å². The van der Waals surface area contributed by atoms with Crippen molar-refractivity contribution in [1.82, 2.24) is 20.1 Å². The summed E-state index contributed by atoms with van der Waals surface area (Å²) in [6.07, 6.45) is 0.331. The molecule has 2 heterocycles. The van der Waals surface area contributed by atoms with Crippen molar-refractivity contribution in [1.29, 1.82) is 0 Å². The maximum atomic E-state index is 12.6. The molecular formula is C32H33F3N6O2S. The molecule has 1 aliphatic heterocycles. The first-order valence-corrected chi connectivity index (χ1v) is 15.4. The molecule has 44 heavy (non-hydrogen) atoms. The zero-order valence-corrected chi connectivity index (χ0v) is 25.3. The number of rotatable bonds is 10. The SMILES string of the molecule is CCCc1ccc(C)cc1N1CCS/C1=N\C(=O)NCCCc1ccc(-c2ncn(-c3ccc(OC(F)(F)F)cc3)n2)cc1. The lowest BCUT2D eigenvalue weighted by atomic mass is 10.0. The number of alkyl halides is 3. The van der Waals surface area contributed by atoms with Gasteiger partial charge < -0.3 is 15.0 Å². The fourth-order valence-electron chi connectivity index (χ4n) is 4.88. The van der Waals surface area contributed by atoms with Gasteiger partial charge in [-0.15, -0.1) is 18.3 Å². The number of nitrogens with zero attached hydrogens (tertiary/aromatic N) is 5. The first kappa shape index (κ1) is 31.1. The highest BCUT2D eigenvalue weighted by atomic mass is 32.2. The molecule has 1 aliphatic rings. The first-order chi connectivity index (χ1) is 21.2. The molecule has 3 aromatic carbocycles. The molecular weight excluding hydrogens is 589 g/mol. The summed E-state index contributed by atoms with van der Waals surface area (Å²) in [5.41, 5.74) is 6.07. The number of hydrogen-bond acceptors (Lipinski definition) is 5. The van der Waals surface area contributed by atoms with Crippen molar-refractivity contribution in [3.05, 3.63) is 89.7 Å². The Morgan fingerprint density at radius 2 is 1.84 bits per heavy atom. The van der Waals surface area contributed by atoms with Gasteiger partial charge in [0.2, 0.25) is 0 Å². The predicted octanol–water partition coefficient (Wildman–Crippen LogP) is 7.35. The van der Waals surface area contributed by atoms with Gasteiger partial charge in [-0.2, -0.15) is 4.99 Å². The third kappa shape index (κ3) is 8.19. The van der Waals surface area contributed by atoms with Crippen LogP contribution in [0.5, 0.6) is 5.75 Å². The Morgan fingerprint density at radius 3 is 2.57 bits per heavy atom. The van der Waals surface area contributed by atoms with Crippen LogP contribution in [0, 0.1) is 6.92 Å². The number of aromatic nitrogens is 3. The van der Waals surface area contributed by atoms with Crippen molar-refractivity contribution < 1.29 is 22.7 Å². The third-order valence-electron chi connectivity index (χ3n) is 6.98. The standard InChI is InChI=1S/C32H33F3N6O2S/c1-3-5-24-10-7-22(2)20-28(24)40-18-19-44-31(40)38-30(42)36-17-4-6-23-8-11-25(12-9-23)29-37-21-41(39-29)26-13-15-27(16-14-26)43-32(33,34)35/h7-16,20-21H,3-6,17-19H2,1-2H3,(H,36,42)/b38-31-. The lowest BCUT2D eigenvalue weighted by molar-refractivity contribution is -0.274. The number of nitrogens with one attached hydrogen (secondary N) is 1. The molecule has 0 atom stereocenters. The smallest absolute Gasteiger partial charge is 0.406 e. The van der Waals surface area contributed by atoms with E-state index in [9.17, 15) is 18.0 Å². The van der Waals surface area contributed by atoms with Crippen LogP contribution in [0.3, 0.4) is 0 Å². The number of benzene rings is 3. The molecule has 1 fully saturated rings. The molecule has 4 aromatic rings. The van der Waals surface area contributed by atoms with E-state index >= 15 is 0 Å². The quantitative estimate of drug-likeness (QED) is 0.186. The van der Waals surface area contributed by atoms with Gasteiger partial charge in [0.25, 0.3) is 0 Å². The van der Waals surface area contributed by atoms with E-state index in [1.807, 2.05) is 24.3 Å². The van der Waals surface area contributed by atoms with Crippen molar-refractivity contribution >= 4 is 28.6 Å². The first-order valence-electron chi connectivity index (χ1n) is 14.4. The van der Waals surface area contributed by atoms with Crippen LogP contribution in [0.4, 0.5) is 23.7 Å². The fourth-order valence-corrected chi connectivity index (χ4v) is 5.83. The lowest BCUT2D eigenvalue weighted by Gasteiger charge is -2.22. The van der Waals surface area contributed by atoms with Gasteiger partial charge >= 0.3 is 12.4 Å². The third-order valence-corrected chi connectivity index (χ3v) is 7.94. The highest BCUT2D eigenvalue weighted by Gasteiger charge is 2.31. The fraction of sp³-hybridized carbons (Fsp3) is 0.312. The molecule has 1 N–H and O–H groups in total. The van der Waals surface area contributed by atoms with Gasteiger partial charge in [0.05, 0.1) is 5.69 Å². The number of ether oxygens (including phenoxy) is 1. The van der Waals surface area contributed by atoms with Crippen molar-refractivity contribution in [2.75, 3.05) is 23.7 Å². The zero-order valence-electron chi connectivity index (χ0n) is 24.5. The van der Waals surface area contributed by atoms with Crippen molar-refractivity contribution in [2.24, 2.45) is 4.99 Å². The molecule has 0 radical (unpaired) electrons. The average molecular weight is 623 g/mol. The van der Waals surface area contributed by atoms with Gasteiger partial charge in [-0.25, -0.2) is 14.5 Å². The van der Waals surface area contributed by atoms with Crippen LogP contribution in [0.2, 0.25) is 0 Å². The summed E-state index contributed by atoms with van der Waals surface area (Å²) in [6.45, 7) is 5.58. The van der Waals surface area contributed by atoms with Crippen molar-refractivity contribution in [3.63, 3.8) is 0 Å². The predicted molar refractivity (Wildman–Crippen MR) is 168 cm³/mol. The number of amides is 2. The minimum atomic E-state index is -4.74. The molecule has 230 valence electrons. The van der Waals surface area contributed by atoms with Gasteiger partial charge in [0, 0.05) is 30.1 Å². The van der Waals surface area contributed by atoms with E-state index in [0.717, 1.165) is 60.0 Å². The second-order valence-electron chi connectivity index (χ2n) is 10.4. The lowest BCUT2D eigenvalue weighted by Crippen LogP contribution is -2.28. The number of amidine groups is 1. The molecule has 12 heteroatoms. The number of aliphatic imine (C=N–C) groups is 1. The Balaban J connectivity index is 1.11. The highest BCUT2D eigenvalue weighted by molar-refractivity contribution is 8.14. The van der Waals surface area contributed by atoms with Crippen molar-refractivity contribution in [3.8, 4) is 22.8 Å². The van der Waals surface area contributed by atoms with E-state index < -0.39 is 6.36 Å². The molecule has 0 unspecified atom stereocenters. The van der Waals surface area contributed by atoms with Crippen LogP contribution in [-0.4, -0.2) is 51.2 Å². The van der Waals surface area contributed by atoms with E-state index in [1.54, 1.807) is 11.8 Å². The number of carbonyl (C=O) groups excluding carboxylic acids is 1. The largest absolute Gasteiger partial charge is 0.573 e. The number of hydrogen-bond donors (Lipinski definition) is 1. The van der Waals surface area contributed by atoms with E-state index in [0.29, 0.717) is 18.1 Å². The molecule has 0 aliphatic carbocycles. The summed E-state index contributed by atoms with van der Waals surface area (Å²) >= 11 is 1.61. The Labute approximate surface area is 258 Å². The highest BCUT2D eigenvalue weighted by Crippen LogP contribution is 2.30. The van der Waals surface area contributed by atoms with E-state index in [4.69, 9.17) is 0 Å².